The molecular weight excluding hydrogens is 406 g/mol. The summed E-state index contributed by atoms with van der Waals surface area (Å²) in [4.78, 5) is 29.3. The van der Waals surface area contributed by atoms with E-state index in [0.29, 0.717) is 35.9 Å². The topological polar surface area (TPSA) is 96.7 Å². The molecule has 1 saturated carbocycles. The monoisotopic (exact) mass is 429 g/mol. The van der Waals surface area contributed by atoms with E-state index >= 15 is 0 Å². The Kier molecular flexibility index (Phi) is 5.23. The Balaban J connectivity index is 1.49. The van der Waals surface area contributed by atoms with Crippen LogP contribution in [0.3, 0.4) is 0 Å². The molecule has 32 heavy (non-hydrogen) atoms. The second-order valence-corrected chi connectivity index (χ2v) is 8.21. The number of ether oxygens (including phenoxy) is 1. The quantitative estimate of drug-likeness (QED) is 0.456. The molecule has 162 valence electrons. The molecule has 7 heteroatoms. The number of H-pyrrole nitrogens is 1. The van der Waals surface area contributed by atoms with Gasteiger partial charge in [0.1, 0.15) is 18.1 Å². The third-order valence-corrected chi connectivity index (χ3v) is 6.03. The zero-order valence-electron chi connectivity index (χ0n) is 17.5. The number of hydrogen-bond acceptors (Lipinski definition) is 4. The lowest BCUT2D eigenvalue weighted by molar-refractivity contribution is 0.0690. The van der Waals surface area contributed by atoms with Crippen LogP contribution in [0.25, 0.3) is 16.9 Å². The molecule has 7 nitrogen and oxygen atoms in total. The van der Waals surface area contributed by atoms with Gasteiger partial charge < -0.3 is 9.84 Å². The summed E-state index contributed by atoms with van der Waals surface area (Å²) < 4.78 is 7.11. The van der Waals surface area contributed by atoms with Crippen LogP contribution in [-0.2, 0) is 13.0 Å². The summed E-state index contributed by atoms with van der Waals surface area (Å²) >= 11 is 0. The molecule has 0 saturated heterocycles. The summed E-state index contributed by atoms with van der Waals surface area (Å²) in [5.41, 5.74) is 3.10. The van der Waals surface area contributed by atoms with E-state index in [0.717, 1.165) is 29.7 Å². The number of nitrogens with one attached hydrogen (secondary N) is 1. The Labute approximate surface area is 184 Å². The summed E-state index contributed by atoms with van der Waals surface area (Å²) in [6, 6.07) is 18.9. The number of carboxylic acids is 1. The van der Waals surface area contributed by atoms with Crippen LogP contribution >= 0.6 is 0 Å². The lowest BCUT2D eigenvalue weighted by Gasteiger charge is -2.25. The maximum absolute atomic E-state index is 13.2. The summed E-state index contributed by atoms with van der Waals surface area (Å²) in [7, 11) is 0. The van der Waals surface area contributed by atoms with Crippen LogP contribution < -0.4 is 10.3 Å². The van der Waals surface area contributed by atoms with Gasteiger partial charge in [-0.2, -0.15) is 0 Å². The van der Waals surface area contributed by atoms with Gasteiger partial charge in [0.2, 0.25) is 0 Å². The number of carbonyl (C=O) groups is 1. The van der Waals surface area contributed by atoms with Crippen LogP contribution in [-0.4, -0.2) is 25.7 Å². The number of aromatic carboxylic acids is 1. The van der Waals surface area contributed by atoms with E-state index < -0.39 is 5.97 Å². The van der Waals surface area contributed by atoms with Crippen molar-refractivity contribution in [3.8, 4) is 17.0 Å². The van der Waals surface area contributed by atoms with Gasteiger partial charge in [-0.3, -0.25) is 9.89 Å². The van der Waals surface area contributed by atoms with E-state index in [-0.39, 0.29) is 11.3 Å². The highest BCUT2D eigenvalue weighted by Crippen LogP contribution is 2.32. The molecule has 1 aliphatic rings. The van der Waals surface area contributed by atoms with Gasteiger partial charge in [0, 0.05) is 17.2 Å². The SMILES string of the molecule is O=C(O)c1cc2nc(-c3ccc(OCc4ccccc4)cc3)c(CC3CCC3)c(=O)n2[nH]1. The second-order valence-electron chi connectivity index (χ2n) is 8.21. The molecule has 0 atom stereocenters. The normalized spacial score (nSPS) is 13.8. The molecule has 2 aromatic carbocycles. The van der Waals surface area contributed by atoms with Gasteiger partial charge in [-0.05, 0) is 42.2 Å². The molecule has 0 aliphatic heterocycles. The van der Waals surface area contributed by atoms with E-state index in [4.69, 9.17) is 4.74 Å². The van der Waals surface area contributed by atoms with Gasteiger partial charge in [0.25, 0.3) is 5.56 Å². The number of carboxylic acid groups (broad SMARTS) is 1. The fourth-order valence-electron chi connectivity index (χ4n) is 4.03. The van der Waals surface area contributed by atoms with E-state index in [9.17, 15) is 14.7 Å². The highest BCUT2D eigenvalue weighted by molar-refractivity contribution is 5.86. The summed E-state index contributed by atoms with van der Waals surface area (Å²) in [6.07, 6.45) is 4.01. The van der Waals surface area contributed by atoms with Crippen LogP contribution in [0.4, 0.5) is 0 Å². The zero-order chi connectivity index (χ0) is 22.1. The van der Waals surface area contributed by atoms with E-state index in [1.54, 1.807) is 0 Å². The van der Waals surface area contributed by atoms with Crippen LogP contribution in [0.1, 0.15) is 40.9 Å². The van der Waals surface area contributed by atoms with Gasteiger partial charge in [-0.1, -0.05) is 49.6 Å². The van der Waals surface area contributed by atoms with Gasteiger partial charge in [0.05, 0.1) is 5.69 Å². The molecule has 0 amide bonds. The van der Waals surface area contributed by atoms with Crippen LogP contribution in [0.2, 0.25) is 0 Å². The lowest BCUT2D eigenvalue weighted by Crippen LogP contribution is -2.26. The average Bonchev–Trinajstić information content (AvgIpc) is 3.22. The molecule has 1 fully saturated rings. The van der Waals surface area contributed by atoms with Crippen molar-refractivity contribution in [1.29, 1.82) is 0 Å². The lowest BCUT2D eigenvalue weighted by atomic mass is 9.80. The third-order valence-electron chi connectivity index (χ3n) is 6.03. The van der Waals surface area contributed by atoms with Crippen molar-refractivity contribution in [2.45, 2.75) is 32.3 Å². The predicted octanol–water partition coefficient (Wildman–Crippen LogP) is 4.31. The highest BCUT2D eigenvalue weighted by Gasteiger charge is 2.24. The van der Waals surface area contributed by atoms with Crippen LogP contribution in [0.5, 0.6) is 5.75 Å². The van der Waals surface area contributed by atoms with Crippen molar-refractivity contribution < 1.29 is 14.6 Å². The smallest absolute Gasteiger partial charge is 0.353 e. The number of aromatic nitrogens is 3. The first-order valence-electron chi connectivity index (χ1n) is 10.7. The largest absolute Gasteiger partial charge is 0.489 e. The van der Waals surface area contributed by atoms with Crippen LogP contribution in [0.15, 0.2) is 65.5 Å². The Morgan fingerprint density at radius 2 is 1.88 bits per heavy atom. The minimum absolute atomic E-state index is 0.0639. The number of fused-ring (bicyclic) bond motifs is 1. The van der Waals surface area contributed by atoms with Crippen LogP contribution in [0, 0.1) is 5.92 Å². The molecule has 0 bridgehead atoms. The van der Waals surface area contributed by atoms with Crippen molar-refractivity contribution in [3.63, 3.8) is 0 Å². The molecular formula is C25H23N3O4. The van der Waals surface area contributed by atoms with Crippen molar-refractivity contribution in [2.75, 3.05) is 0 Å². The van der Waals surface area contributed by atoms with Crippen molar-refractivity contribution in [2.24, 2.45) is 5.92 Å². The summed E-state index contributed by atoms with van der Waals surface area (Å²) in [6.45, 7) is 0.472. The number of aromatic amines is 1. The van der Waals surface area contributed by atoms with Gasteiger partial charge in [0.15, 0.2) is 5.65 Å². The van der Waals surface area contributed by atoms with Gasteiger partial charge in [-0.25, -0.2) is 14.3 Å². The Morgan fingerprint density at radius 1 is 1.12 bits per heavy atom. The number of nitrogens with zero attached hydrogens (tertiary/aromatic N) is 2. The van der Waals surface area contributed by atoms with E-state index in [1.165, 1.54) is 17.0 Å². The van der Waals surface area contributed by atoms with Crippen molar-refractivity contribution in [1.82, 2.24) is 14.6 Å². The maximum Gasteiger partial charge on any atom is 0.353 e. The Hall–Kier alpha value is -3.87. The Bertz CT molecular complexity index is 1320. The zero-order valence-corrected chi connectivity index (χ0v) is 17.5. The second kappa shape index (κ2) is 8.34. The fraction of sp³-hybridized carbons (Fsp3) is 0.240. The maximum atomic E-state index is 13.2. The number of benzene rings is 2. The minimum Gasteiger partial charge on any atom is -0.489 e. The van der Waals surface area contributed by atoms with E-state index in [2.05, 4.69) is 10.1 Å². The molecule has 0 unspecified atom stereocenters. The fourth-order valence-corrected chi connectivity index (χ4v) is 4.03. The Morgan fingerprint density at radius 3 is 2.53 bits per heavy atom. The molecule has 2 heterocycles. The third kappa shape index (κ3) is 3.89. The summed E-state index contributed by atoms with van der Waals surface area (Å²) in [5, 5.41) is 12.0. The highest BCUT2D eigenvalue weighted by atomic mass is 16.5. The molecule has 2 aromatic heterocycles. The molecule has 0 spiro atoms. The summed E-state index contributed by atoms with van der Waals surface area (Å²) in [5.74, 6) is 0.0614. The molecule has 5 rings (SSSR count). The first kappa shape index (κ1) is 20.1. The average molecular weight is 429 g/mol. The van der Waals surface area contributed by atoms with Gasteiger partial charge >= 0.3 is 5.97 Å². The molecule has 1 aliphatic carbocycles. The van der Waals surface area contributed by atoms with Crippen molar-refractivity contribution >= 4 is 11.6 Å². The van der Waals surface area contributed by atoms with Crippen molar-refractivity contribution in [3.05, 3.63) is 87.8 Å². The predicted molar refractivity (Wildman–Crippen MR) is 120 cm³/mol. The first-order chi connectivity index (χ1) is 15.6. The number of hydrogen-bond donors (Lipinski definition) is 2. The molecule has 0 radical (unpaired) electrons. The van der Waals surface area contributed by atoms with Gasteiger partial charge in [-0.15, -0.1) is 0 Å². The van der Waals surface area contributed by atoms with E-state index in [1.807, 2.05) is 54.6 Å². The number of rotatable bonds is 7. The standard InChI is InChI=1S/C25H23N3O4/c29-24-20(13-16-7-4-8-16)23(26-22-14-21(25(30)31)27-28(22)24)18-9-11-19(12-10-18)32-15-17-5-2-1-3-6-17/h1-3,5-6,9-12,14,16,27H,4,7-8,13,15H2,(H,30,31). The first-order valence-corrected chi connectivity index (χ1v) is 10.7. The molecule has 4 aromatic rings. The molecule has 2 N–H and O–H groups in total. The minimum atomic E-state index is -1.13.